The summed E-state index contributed by atoms with van der Waals surface area (Å²) in [5, 5.41) is 2.87. The smallest absolute Gasteiger partial charge is 0.450 e. The third-order valence-electron chi connectivity index (χ3n) is 5.21. The molecule has 0 saturated carbocycles. The minimum Gasteiger partial charge on any atom is -0.450 e. The first-order chi connectivity index (χ1) is 17.2. The number of amides is 1. The summed E-state index contributed by atoms with van der Waals surface area (Å²) in [4.78, 5) is 13.8. The van der Waals surface area contributed by atoms with Gasteiger partial charge in [0.1, 0.15) is 11.5 Å². The van der Waals surface area contributed by atoms with Crippen LogP contribution in [0.4, 0.5) is 24.5 Å². The van der Waals surface area contributed by atoms with Gasteiger partial charge in [0.25, 0.3) is 5.69 Å². The normalized spacial score (nSPS) is 12.8. The fourth-order valence-corrected chi connectivity index (χ4v) is 4.23. The molecule has 0 atom stereocenters. The zero-order chi connectivity index (χ0) is 25.7. The summed E-state index contributed by atoms with van der Waals surface area (Å²) in [6.07, 6.45) is -0.841. The molecule has 1 N–H and O–H groups in total. The van der Waals surface area contributed by atoms with E-state index in [9.17, 15) is 18.0 Å². The van der Waals surface area contributed by atoms with Gasteiger partial charge in [-0.25, -0.2) is 0 Å². The van der Waals surface area contributed by atoms with E-state index >= 15 is 0 Å². The van der Waals surface area contributed by atoms with Gasteiger partial charge in [0, 0.05) is 35.7 Å². The molecule has 3 aromatic carbocycles. The van der Waals surface area contributed by atoms with E-state index < -0.39 is 6.36 Å². The number of alkyl halides is 3. The Kier molecular flexibility index (Phi) is 7.69. The predicted octanol–water partition coefficient (Wildman–Crippen LogP) is 7.30. The number of nitrogens with one attached hydrogen (secondary N) is 1. The highest BCUT2D eigenvalue weighted by molar-refractivity contribution is 7.99. The molecule has 9 heteroatoms. The topological polar surface area (TPSA) is 50.6 Å². The van der Waals surface area contributed by atoms with Gasteiger partial charge in [-0.2, -0.15) is 4.58 Å². The van der Waals surface area contributed by atoms with Gasteiger partial charge < -0.3 is 14.8 Å². The number of rotatable bonds is 9. The molecular weight excluding hydrogens is 489 g/mol. The SMILES string of the molecule is CCSc1ccc(CC(=O)Nc2ccc([N+]3=C(C)C=C3)c(Oc3cccc(OC(F)(F)F)c3)c2)cc1. The van der Waals surface area contributed by atoms with Crippen molar-refractivity contribution in [1.29, 1.82) is 0 Å². The molecule has 0 spiro atoms. The number of halogens is 3. The number of carbonyl (C=O) groups excluding carboxylic acids is 1. The highest BCUT2D eigenvalue weighted by Gasteiger charge is 2.31. The second-order valence-electron chi connectivity index (χ2n) is 7.94. The molecule has 1 aliphatic heterocycles. The maximum Gasteiger partial charge on any atom is 0.573 e. The van der Waals surface area contributed by atoms with Gasteiger partial charge in [-0.05, 0) is 41.6 Å². The molecule has 0 fully saturated rings. The van der Waals surface area contributed by atoms with Crippen molar-refractivity contribution in [1.82, 2.24) is 0 Å². The van der Waals surface area contributed by atoms with Crippen LogP contribution >= 0.6 is 11.8 Å². The van der Waals surface area contributed by atoms with Crippen molar-refractivity contribution in [2.45, 2.75) is 31.5 Å². The van der Waals surface area contributed by atoms with Crippen LogP contribution in [0.15, 0.2) is 83.9 Å². The quantitative estimate of drug-likeness (QED) is 0.241. The largest absolute Gasteiger partial charge is 0.573 e. The third kappa shape index (κ3) is 6.69. The summed E-state index contributed by atoms with van der Waals surface area (Å²) in [7, 11) is 0. The number of benzene rings is 3. The minimum atomic E-state index is -4.81. The number of anilines is 1. The molecule has 1 aliphatic rings. The van der Waals surface area contributed by atoms with Crippen LogP contribution in [0, 0.1) is 0 Å². The monoisotopic (exact) mass is 513 g/mol. The van der Waals surface area contributed by atoms with Crippen LogP contribution in [-0.4, -0.2) is 28.3 Å². The molecular formula is C27H24F3N2O3S+. The van der Waals surface area contributed by atoms with Gasteiger partial charge in [0.15, 0.2) is 11.9 Å². The van der Waals surface area contributed by atoms with E-state index in [1.165, 1.54) is 18.2 Å². The van der Waals surface area contributed by atoms with Crippen molar-refractivity contribution in [3.05, 3.63) is 84.6 Å². The molecule has 3 aromatic rings. The van der Waals surface area contributed by atoms with Crippen molar-refractivity contribution in [2.24, 2.45) is 0 Å². The van der Waals surface area contributed by atoms with Crippen LogP contribution in [0.3, 0.4) is 0 Å². The third-order valence-corrected chi connectivity index (χ3v) is 6.11. The lowest BCUT2D eigenvalue weighted by atomic mass is 10.1. The first kappa shape index (κ1) is 25.4. The zero-order valence-electron chi connectivity index (χ0n) is 19.6. The first-order valence-corrected chi connectivity index (χ1v) is 12.2. The molecule has 1 heterocycles. The molecule has 0 bridgehead atoms. The summed E-state index contributed by atoms with van der Waals surface area (Å²) < 4.78 is 49.7. The van der Waals surface area contributed by atoms with Crippen molar-refractivity contribution >= 4 is 34.8 Å². The van der Waals surface area contributed by atoms with Crippen LogP contribution in [-0.2, 0) is 11.2 Å². The van der Waals surface area contributed by atoms with E-state index in [0.717, 1.165) is 28.0 Å². The van der Waals surface area contributed by atoms with Crippen LogP contribution in [0.5, 0.6) is 17.2 Å². The fourth-order valence-electron chi connectivity index (χ4n) is 3.56. The first-order valence-electron chi connectivity index (χ1n) is 11.2. The summed E-state index contributed by atoms with van der Waals surface area (Å²) in [5.41, 5.74) is 3.04. The molecule has 186 valence electrons. The van der Waals surface area contributed by atoms with Gasteiger partial charge in [-0.1, -0.05) is 25.1 Å². The predicted molar refractivity (Wildman–Crippen MR) is 135 cm³/mol. The molecule has 0 aromatic heterocycles. The molecule has 5 nitrogen and oxygen atoms in total. The highest BCUT2D eigenvalue weighted by Crippen LogP contribution is 2.37. The summed E-state index contributed by atoms with van der Waals surface area (Å²) in [6, 6.07) is 18.3. The zero-order valence-corrected chi connectivity index (χ0v) is 20.5. The Morgan fingerprint density at radius 2 is 1.78 bits per heavy atom. The Bertz CT molecular complexity index is 1320. The van der Waals surface area contributed by atoms with Gasteiger partial charge in [-0.15, -0.1) is 24.9 Å². The lowest BCUT2D eigenvalue weighted by Crippen LogP contribution is -2.17. The van der Waals surface area contributed by atoms with Crippen LogP contribution < -0.4 is 14.8 Å². The second-order valence-corrected chi connectivity index (χ2v) is 9.27. The van der Waals surface area contributed by atoms with Crippen LogP contribution in [0.2, 0.25) is 0 Å². The standard InChI is InChI=1S/C27H23F3N2O3S/c1-3-36-23-10-7-19(8-11-23)15-26(33)31-20-9-12-24(32-14-13-18(32)2)25(16-20)34-21-5-4-6-22(17-21)35-27(28,29)30/h4-14,16-17H,3,15H2,1-2H3/p+1. The Hall–Kier alpha value is -3.72. The minimum absolute atomic E-state index is 0.161. The van der Waals surface area contributed by atoms with E-state index in [0.29, 0.717) is 17.1 Å². The van der Waals surface area contributed by atoms with E-state index in [1.807, 2.05) is 48.0 Å². The van der Waals surface area contributed by atoms with E-state index in [-0.39, 0.29) is 23.8 Å². The molecule has 0 radical (unpaired) electrons. The number of carbonyl (C=O) groups is 1. The van der Waals surface area contributed by atoms with Crippen molar-refractivity contribution in [3.63, 3.8) is 0 Å². The average molecular weight is 514 g/mol. The highest BCUT2D eigenvalue weighted by atomic mass is 32.2. The van der Waals surface area contributed by atoms with Crippen molar-refractivity contribution < 1.29 is 32.0 Å². The summed E-state index contributed by atoms with van der Waals surface area (Å²) in [5.74, 6) is 0.915. The Morgan fingerprint density at radius 1 is 1.03 bits per heavy atom. The van der Waals surface area contributed by atoms with Crippen LogP contribution in [0.25, 0.3) is 0 Å². The Labute approximate surface area is 211 Å². The van der Waals surface area contributed by atoms with Gasteiger partial charge >= 0.3 is 6.36 Å². The van der Waals surface area contributed by atoms with E-state index in [2.05, 4.69) is 17.0 Å². The van der Waals surface area contributed by atoms with E-state index in [4.69, 9.17) is 4.74 Å². The van der Waals surface area contributed by atoms with Gasteiger partial charge in [0.2, 0.25) is 11.7 Å². The summed E-state index contributed by atoms with van der Waals surface area (Å²) >= 11 is 1.73. The molecule has 4 rings (SSSR count). The Balaban J connectivity index is 1.53. The number of thioether (sulfide) groups is 1. The molecule has 1 amide bonds. The number of hydrogen-bond donors (Lipinski definition) is 1. The fraction of sp³-hybridized carbons (Fsp3) is 0.185. The Morgan fingerprint density at radius 3 is 2.42 bits per heavy atom. The second kappa shape index (κ2) is 10.9. The molecule has 0 aliphatic carbocycles. The lowest BCUT2D eigenvalue weighted by Gasteiger charge is -2.14. The molecule has 0 unspecified atom stereocenters. The van der Waals surface area contributed by atoms with Crippen LogP contribution in [0.1, 0.15) is 19.4 Å². The van der Waals surface area contributed by atoms with Crippen molar-refractivity contribution in [2.75, 3.05) is 11.1 Å². The maximum atomic E-state index is 12.7. The molecule has 36 heavy (non-hydrogen) atoms. The van der Waals surface area contributed by atoms with Gasteiger partial charge in [-0.3, -0.25) is 4.79 Å². The number of allylic oxidation sites excluding steroid dienone is 1. The lowest BCUT2D eigenvalue weighted by molar-refractivity contribution is -0.372. The average Bonchev–Trinajstić information content (AvgIpc) is 2.80. The molecule has 0 saturated heterocycles. The number of ether oxygens (including phenoxy) is 2. The van der Waals surface area contributed by atoms with Crippen molar-refractivity contribution in [3.8, 4) is 17.2 Å². The number of hydrogen-bond acceptors (Lipinski definition) is 4. The van der Waals surface area contributed by atoms with Gasteiger partial charge in [0.05, 0.1) is 12.5 Å². The van der Waals surface area contributed by atoms with E-state index in [1.54, 1.807) is 30.0 Å². The summed E-state index contributed by atoms with van der Waals surface area (Å²) in [6.45, 7) is 4.00. The number of nitrogens with zero attached hydrogens (tertiary/aromatic N) is 1. The maximum absolute atomic E-state index is 12.7.